The Labute approximate surface area is 127 Å². The van der Waals surface area contributed by atoms with Crippen LogP contribution in [-0.2, 0) is 11.3 Å². The van der Waals surface area contributed by atoms with Crippen molar-refractivity contribution in [1.29, 1.82) is 0 Å². The quantitative estimate of drug-likeness (QED) is 0.798. The number of nitrogens with two attached hydrogens (primary N) is 1. The van der Waals surface area contributed by atoms with Gasteiger partial charge in [0.25, 0.3) is 0 Å². The van der Waals surface area contributed by atoms with E-state index in [-0.39, 0.29) is 5.91 Å². The molecule has 0 saturated heterocycles. The van der Waals surface area contributed by atoms with E-state index in [1.165, 1.54) is 0 Å². The highest BCUT2D eigenvalue weighted by atomic mass is 35.5. The molecule has 0 fully saturated rings. The number of hydrogen-bond acceptors (Lipinski definition) is 2. The third-order valence-corrected chi connectivity index (χ3v) is 3.89. The van der Waals surface area contributed by atoms with Crippen LogP contribution in [0, 0.1) is 5.92 Å². The van der Waals surface area contributed by atoms with Crippen molar-refractivity contribution >= 4 is 17.5 Å². The topological polar surface area (TPSA) is 46.3 Å². The summed E-state index contributed by atoms with van der Waals surface area (Å²) in [7, 11) is 1.84. The van der Waals surface area contributed by atoms with E-state index in [9.17, 15) is 4.79 Å². The van der Waals surface area contributed by atoms with Gasteiger partial charge >= 0.3 is 0 Å². The molecule has 1 aromatic rings. The predicted octanol–water partition coefficient (Wildman–Crippen LogP) is 3.45. The molecule has 1 unspecified atom stereocenters. The molecule has 0 saturated carbocycles. The predicted molar refractivity (Wildman–Crippen MR) is 84.6 cm³/mol. The zero-order valence-electron chi connectivity index (χ0n) is 12.4. The van der Waals surface area contributed by atoms with Gasteiger partial charge in [-0.1, -0.05) is 37.1 Å². The summed E-state index contributed by atoms with van der Waals surface area (Å²) in [6, 6.07) is 7.63. The lowest BCUT2D eigenvalue weighted by Crippen LogP contribution is -2.26. The molecule has 0 bridgehead atoms. The highest BCUT2D eigenvalue weighted by Crippen LogP contribution is 2.16. The first-order valence-corrected chi connectivity index (χ1v) is 7.63. The molecule has 0 aliphatic carbocycles. The molecule has 1 aromatic carbocycles. The Morgan fingerprint density at radius 1 is 1.40 bits per heavy atom. The lowest BCUT2D eigenvalue weighted by atomic mass is 9.96. The molecule has 1 rings (SSSR count). The molecule has 4 heteroatoms. The number of carbonyl (C=O) groups is 1. The van der Waals surface area contributed by atoms with E-state index >= 15 is 0 Å². The fourth-order valence-corrected chi connectivity index (χ4v) is 2.52. The smallest absolute Gasteiger partial charge is 0.222 e. The summed E-state index contributed by atoms with van der Waals surface area (Å²) in [6.07, 6.45) is 3.60. The van der Waals surface area contributed by atoms with Gasteiger partial charge in [-0.2, -0.15) is 0 Å². The van der Waals surface area contributed by atoms with Gasteiger partial charge in [-0.15, -0.1) is 0 Å². The molecule has 0 aliphatic rings. The molecular formula is C16H25ClN2O. The van der Waals surface area contributed by atoms with E-state index in [2.05, 4.69) is 6.92 Å². The first-order chi connectivity index (χ1) is 9.56. The van der Waals surface area contributed by atoms with E-state index in [0.717, 1.165) is 24.8 Å². The number of hydrogen-bond donors (Lipinski definition) is 1. The molecule has 0 spiro atoms. The van der Waals surface area contributed by atoms with Crippen molar-refractivity contribution in [3.05, 3.63) is 34.9 Å². The van der Waals surface area contributed by atoms with Crippen LogP contribution in [0.4, 0.5) is 0 Å². The van der Waals surface area contributed by atoms with Crippen LogP contribution < -0.4 is 5.73 Å². The summed E-state index contributed by atoms with van der Waals surface area (Å²) in [5.41, 5.74) is 6.64. The third-order valence-electron chi connectivity index (χ3n) is 3.65. The second-order valence-electron chi connectivity index (χ2n) is 5.27. The van der Waals surface area contributed by atoms with Gasteiger partial charge < -0.3 is 10.6 Å². The zero-order chi connectivity index (χ0) is 15.0. The van der Waals surface area contributed by atoms with Gasteiger partial charge in [0.15, 0.2) is 0 Å². The van der Waals surface area contributed by atoms with Crippen molar-refractivity contribution in [2.24, 2.45) is 11.7 Å². The largest absolute Gasteiger partial charge is 0.341 e. The Hall–Kier alpha value is -1.06. The Balaban J connectivity index is 2.42. The zero-order valence-corrected chi connectivity index (χ0v) is 13.2. The maximum Gasteiger partial charge on any atom is 0.222 e. The molecule has 2 N–H and O–H groups in total. The maximum atomic E-state index is 12.1. The van der Waals surface area contributed by atoms with Crippen LogP contribution in [0.15, 0.2) is 24.3 Å². The summed E-state index contributed by atoms with van der Waals surface area (Å²) in [5.74, 6) is 0.740. The minimum atomic E-state index is 0.181. The van der Waals surface area contributed by atoms with Gasteiger partial charge in [-0.3, -0.25) is 4.79 Å². The highest BCUT2D eigenvalue weighted by Gasteiger charge is 2.13. The van der Waals surface area contributed by atoms with E-state index in [4.69, 9.17) is 17.3 Å². The summed E-state index contributed by atoms with van der Waals surface area (Å²) >= 11 is 5.95. The van der Waals surface area contributed by atoms with Crippen molar-refractivity contribution in [3.8, 4) is 0 Å². The van der Waals surface area contributed by atoms with Crippen LogP contribution in [0.1, 0.15) is 38.2 Å². The second kappa shape index (κ2) is 8.98. The van der Waals surface area contributed by atoms with E-state index in [0.29, 0.717) is 30.5 Å². The lowest BCUT2D eigenvalue weighted by molar-refractivity contribution is -0.130. The SMILES string of the molecule is CCC(CCN)CCC(=O)N(C)Cc1cccc(Cl)c1. The summed E-state index contributed by atoms with van der Waals surface area (Å²) in [4.78, 5) is 13.9. The minimum Gasteiger partial charge on any atom is -0.341 e. The number of halogens is 1. The van der Waals surface area contributed by atoms with Crippen LogP contribution in [0.5, 0.6) is 0 Å². The van der Waals surface area contributed by atoms with Crippen molar-refractivity contribution in [3.63, 3.8) is 0 Å². The Morgan fingerprint density at radius 2 is 2.15 bits per heavy atom. The van der Waals surface area contributed by atoms with Crippen LogP contribution in [0.3, 0.4) is 0 Å². The Bertz CT molecular complexity index is 423. The molecule has 112 valence electrons. The van der Waals surface area contributed by atoms with Gasteiger partial charge in [0.1, 0.15) is 0 Å². The van der Waals surface area contributed by atoms with Crippen molar-refractivity contribution < 1.29 is 4.79 Å². The van der Waals surface area contributed by atoms with Gasteiger partial charge in [0.05, 0.1) is 0 Å². The van der Waals surface area contributed by atoms with Crippen LogP contribution in [-0.4, -0.2) is 24.4 Å². The average molecular weight is 297 g/mol. The molecule has 0 aromatic heterocycles. The molecule has 0 radical (unpaired) electrons. The van der Waals surface area contributed by atoms with Gasteiger partial charge in [0.2, 0.25) is 5.91 Å². The molecule has 1 atom stereocenters. The fraction of sp³-hybridized carbons (Fsp3) is 0.562. The molecule has 0 heterocycles. The number of carbonyl (C=O) groups excluding carboxylic acids is 1. The van der Waals surface area contributed by atoms with Gasteiger partial charge in [-0.25, -0.2) is 0 Å². The average Bonchev–Trinajstić information content (AvgIpc) is 2.43. The maximum absolute atomic E-state index is 12.1. The van der Waals surface area contributed by atoms with Crippen LogP contribution in [0.25, 0.3) is 0 Å². The van der Waals surface area contributed by atoms with Crippen molar-refractivity contribution in [2.75, 3.05) is 13.6 Å². The first-order valence-electron chi connectivity index (χ1n) is 7.25. The minimum absolute atomic E-state index is 0.181. The fourth-order valence-electron chi connectivity index (χ4n) is 2.30. The summed E-state index contributed by atoms with van der Waals surface area (Å²) in [6.45, 7) is 3.46. The van der Waals surface area contributed by atoms with E-state index < -0.39 is 0 Å². The standard InChI is InChI=1S/C16H25ClN2O/c1-3-13(9-10-18)7-8-16(20)19(2)12-14-5-4-6-15(17)11-14/h4-6,11,13H,3,7-10,12,18H2,1-2H3. The van der Waals surface area contributed by atoms with E-state index in [1.54, 1.807) is 4.90 Å². The lowest BCUT2D eigenvalue weighted by Gasteiger charge is -2.19. The van der Waals surface area contributed by atoms with Crippen molar-refractivity contribution in [2.45, 2.75) is 39.2 Å². The van der Waals surface area contributed by atoms with Crippen LogP contribution >= 0.6 is 11.6 Å². The number of nitrogens with zero attached hydrogens (tertiary/aromatic N) is 1. The Morgan fingerprint density at radius 3 is 2.75 bits per heavy atom. The van der Waals surface area contributed by atoms with Crippen LogP contribution in [0.2, 0.25) is 5.02 Å². The number of benzene rings is 1. The van der Waals surface area contributed by atoms with Crippen molar-refractivity contribution in [1.82, 2.24) is 4.90 Å². The summed E-state index contributed by atoms with van der Waals surface area (Å²) in [5, 5.41) is 0.706. The normalized spacial score (nSPS) is 12.2. The third kappa shape index (κ3) is 5.93. The number of rotatable bonds is 8. The summed E-state index contributed by atoms with van der Waals surface area (Å²) < 4.78 is 0. The second-order valence-corrected chi connectivity index (χ2v) is 5.71. The Kier molecular flexibility index (Phi) is 7.63. The molecule has 0 aliphatic heterocycles. The van der Waals surface area contributed by atoms with Gasteiger partial charge in [-0.05, 0) is 43.0 Å². The monoisotopic (exact) mass is 296 g/mol. The highest BCUT2D eigenvalue weighted by molar-refractivity contribution is 6.30. The molecule has 3 nitrogen and oxygen atoms in total. The number of amides is 1. The molecule has 1 amide bonds. The molecule has 20 heavy (non-hydrogen) atoms. The first kappa shape index (κ1) is 17.0. The van der Waals surface area contributed by atoms with E-state index in [1.807, 2.05) is 31.3 Å². The molecular weight excluding hydrogens is 272 g/mol. The van der Waals surface area contributed by atoms with Gasteiger partial charge in [0, 0.05) is 25.0 Å².